The van der Waals surface area contributed by atoms with Gasteiger partial charge in [-0.3, -0.25) is 0 Å². The predicted molar refractivity (Wildman–Crippen MR) is 55.0 cm³/mol. The quantitative estimate of drug-likeness (QED) is 0.739. The van der Waals surface area contributed by atoms with Crippen LogP contribution in [0.25, 0.3) is 0 Å². The van der Waals surface area contributed by atoms with Crippen LogP contribution in [-0.2, 0) is 6.54 Å². The normalized spacial score (nSPS) is 26.6. The summed E-state index contributed by atoms with van der Waals surface area (Å²) in [5.74, 6) is 3.36. The van der Waals surface area contributed by atoms with Gasteiger partial charge in [0.05, 0.1) is 12.7 Å². The van der Waals surface area contributed by atoms with Gasteiger partial charge in [-0.2, -0.15) is 0 Å². The fourth-order valence-corrected chi connectivity index (χ4v) is 2.00. The van der Waals surface area contributed by atoms with Crippen LogP contribution in [0.3, 0.4) is 0 Å². The van der Waals surface area contributed by atoms with Crippen molar-refractivity contribution >= 4 is 0 Å². The number of hydrogen-bond donors (Lipinski definition) is 0. The first-order valence-electron chi connectivity index (χ1n) is 5.24. The molecule has 0 aliphatic heterocycles. The summed E-state index contributed by atoms with van der Waals surface area (Å²) in [4.78, 5) is 6.42. The second-order valence-corrected chi connectivity index (χ2v) is 4.68. The van der Waals surface area contributed by atoms with Crippen LogP contribution in [0.1, 0.15) is 37.3 Å². The van der Waals surface area contributed by atoms with Crippen molar-refractivity contribution in [2.24, 2.45) is 5.92 Å². The van der Waals surface area contributed by atoms with Gasteiger partial charge in [-0.1, -0.05) is 6.92 Å². The van der Waals surface area contributed by atoms with Crippen molar-refractivity contribution in [1.82, 2.24) is 9.88 Å². The molecule has 14 heavy (non-hydrogen) atoms. The van der Waals surface area contributed by atoms with Crippen molar-refractivity contribution in [2.45, 2.75) is 32.2 Å². The molecule has 0 amide bonds. The second kappa shape index (κ2) is 3.73. The molecule has 78 valence electrons. The van der Waals surface area contributed by atoms with Crippen molar-refractivity contribution in [3.63, 3.8) is 0 Å². The van der Waals surface area contributed by atoms with Gasteiger partial charge in [-0.05, 0) is 32.9 Å². The van der Waals surface area contributed by atoms with Crippen molar-refractivity contribution in [2.75, 3.05) is 14.1 Å². The maximum Gasteiger partial charge on any atom is 0.197 e. The summed E-state index contributed by atoms with van der Waals surface area (Å²) in [6, 6.07) is 0. The van der Waals surface area contributed by atoms with E-state index in [0.29, 0.717) is 5.92 Å². The molecule has 0 N–H and O–H groups in total. The average molecular weight is 194 g/mol. The molecule has 3 heteroatoms. The SMILES string of the molecule is CC1CC(c2ncc(CN(C)C)o2)C1. The highest BCUT2D eigenvalue weighted by atomic mass is 16.4. The maximum absolute atomic E-state index is 5.69. The van der Waals surface area contributed by atoms with E-state index < -0.39 is 0 Å². The summed E-state index contributed by atoms with van der Waals surface area (Å²) in [5, 5.41) is 0. The molecule has 0 radical (unpaired) electrons. The Morgan fingerprint density at radius 3 is 2.79 bits per heavy atom. The highest BCUT2D eigenvalue weighted by Crippen LogP contribution is 2.40. The van der Waals surface area contributed by atoms with Crippen LogP contribution in [0.4, 0.5) is 0 Å². The van der Waals surface area contributed by atoms with Gasteiger partial charge in [0.25, 0.3) is 0 Å². The summed E-state index contributed by atoms with van der Waals surface area (Å²) >= 11 is 0. The molecule has 0 bridgehead atoms. The molecule has 0 aromatic carbocycles. The number of rotatable bonds is 3. The first-order chi connectivity index (χ1) is 6.65. The van der Waals surface area contributed by atoms with Crippen molar-refractivity contribution in [3.05, 3.63) is 17.8 Å². The van der Waals surface area contributed by atoms with Gasteiger partial charge in [0.15, 0.2) is 5.89 Å². The Balaban J connectivity index is 1.96. The van der Waals surface area contributed by atoms with Gasteiger partial charge in [0.2, 0.25) is 0 Å². The zero-order valence-electron chi connectivity index (χ0n) is 9.16. The van der Waals surface area contributed by atoms with E-state index in [1.165, 1.54) is 12.8 Å². The van der Waals surface area contributed by atoms with E-state index in [1.807, 2.05) is 20.3 Å². The predicted octanol–water partition coefficient (Wildman–Crippen LogP) is 2.25. The fraction of sp³-hybridized carbons (Fsp3) is 0.727. The third kappa shape index (κ3) is 1.98. The lowest BCUT2D eigenvalue weighted by molar-refractivity contribution is 0.236. The zero-order valence-corrected chi connectivity index (χ0v) is 9.16. The Hall–Kier alpha value is -0.830. The van der Waals surface area contributed by atoms with Crippen LogP contribution in [0.5, 0.6) is 0 Å². The van der Waals surface area contributed by atoms with Crippen LogP contribution >= 0.6 is 0 Å². The van der Waals surface area contributed by atoms with E-state index in [9.17, 15) is 0 Å². The lowest BCUT2D eigenvalue weighted by Gasteiger charge is -2.29. The summed E-state index contributed by atoms with van der Waals surface area (Å²) in [5.41, 5.74) is 0. The molecule has 1 aromatic heterocycles. The molecule has 0 unspecified atom stereocenters. The topological polar surface area (TPSA) is 29.3 Å². The second-order valence-electron chi connectivity index (χ2n) is 4.68. The molecule has 3 nitrogen and oxygen atoms in total. The molecule has 0 atom stereocenters. The smallest absolute Gasteiger partial charge is 0.197 e. The van der Waals surface area contributed by atoms with Crippen LogP contribution in [0, 0.1) is 5.92 Å². The summed E-state index contributed by atoms with van der Waals surface area (Å²) < 4.78 is 5.69. The monoisotopic (exact) mass is 194 g/mol. The van der Waals surface area contributed by atoms with Gasteiger partial charge < -0.3 is 9.32 Å². The average Bonchev–Trinajstić information content (AvgIpc) is 2.46. The van der Waals surface area contributed by atoms with Crippen molar-refractivity contribution in [3.8, 4) is 0 Å². The van der Waals surface area contributed by atoms with Crippen molar-refractivity contribution < 1.29 is 4.42 Å². The number of nitrogens with zero attached hydrogens (tertiary/aromatic N) is 2. The number of hydrogen-bond acceptors (Lipinski definition) is 3. The molecular weight excluding hydrogens is 176 g/mol. The van der Waals surface area contributed by atoms with E-state index in [0.717, 1.165) is 24.1 Å². The molecule has 1 aliphatic rings. The number of oxazole rings is 1. The first kappa shape index (κ1) is 9.71. The molecule has 1 saturated carbocycles. The highest BCUT2D eigenvalue weighted by Gasteiger charge is 2.30. The Bertz CT molecular complexity index is 300. The summed E-state index contributed by atoms with van der Waals surface area (Å²) in [6.45, 7) is 3.12. The zero-order chi connectivity index (χ0) is 10.1. The van der Waals surface area contributed by atoms with Gasteiger partial charge >= 0.3 is 0 Å². The fourth-order valence-electron chi connectivity index (χ4n) is 2.00. The molecule has 1 heterocycles. The summed E-state index contributed by atoms with van der Waals surface area (Å²) in [6.07, 6.45) is 4.34. The van der Waals surface area contributed by atoms with Crippen LogP contribution in [-0.4, -0.2) is 24.0 Å². The van der Waals surface area contributed by atoms with Crippen LogP contribution in [0.2, 0.25) is 0 Å². The van der Waals surface area contributed by atoms with Crippen molar-refractivity contribution in [1.29, 1.82) is 0 Å². The molecule has 1 aliphatic carbocycles. The minimum absolute atomic E-state index is 0.584. The Kier molecular flexibility index (Phi) is 2.59. The molecular formula is C11H18N2O. The van der Waals surface area contributed by atoms with Crippen LogP contribution in [0.15, 0.2) is 10.6 Å². The van der Waals surface area contributed by atoms with E-state index in [1.54, 1.807) is 0 Å². The number of aromatic nitrogens is 1. The van der Waals surface area contributed by atoms with Gasteiger partial charge in [-0.15, -0.1) is 0 Å². The van der Waals surface area contributed by atoms with Gasteiger partial charge in [0.1, 0.15) is 5.76 Å². The van der Waals surface area contributed by atoms with E-state index in [2.05, 4.69) is 16.8 Å². The largest absolute Gasteiger partial charge is 0.444 e. The minimum Gasteiger partial charge on any atom is -0.444 e. The molecule has 0 saturated heterocycles. The van der Waals surface area contributed by atoms with Gasteiger partial charge in [0, 0.05) is 5.92 Å². The third-order valence-corrected chi connectivity index (χ3v) is 2.77. The standard InChI is InChI=1S/C11H18N2O/c1-8-4-9(5-8)11-12-6-10(14-11)7-13(2)3/h6,8-9H,4-5,7H2,1-3H3. The van der Waals surface area contributed by atoms with Gasteiger partial charge in [-0.25, -0.2) is 4.98 Å². The molecule has 1 aromatic rings. The van der Waals surface area contributed by atoms with E-state index >= 15 is 0 Å². The third-order valence-electron chi connectivity index (χ3n) is 2.77. The maximum atomic E-state index is 5.69. The Morgan fingerprint density at radius 2 is 2.21 bits per heavy atom. The minimum atomic E-state index is 0.584. The van der Waals surface area contributed by atoms with E-state index in [-0.39, 0.29) is 0 Å². The first-order valence-corrected chi connectivity index (χ1v) is 5.24. The highest BCUT2D eigenvalue weighted by molar-refractivity contribution is 5.03. The van der Waals surface area contributed by atoms with Crippen LogP contribution < -0.4 is 0 Å². The lowest BCUT2D eigenvalue weighted by Crippen LogP contribution is -2.19. The molecule has 0 spiro atoms. The summed E-state index contributed by atoms with van der Waals surface area (Å²) in [7, 11) is 4.07. The molecule has 2 rings (SSSR count). The Labute approximate surface area is 85.1 Å². The lowest BCUT2D eigenvalue weighted by atomic mass is 9.76. The molecule has 1 fully saturated rings. The van der Waals surface area contributed by atoms with E-state index in [4.69, 9.17) is 4.42 Å². The Morgan fingerprint density at radius 1 is 1.50 bits per heavy atom.